The predicted octanol–water partition coefficient (Wildman–Crippen LogP) is 2.28. The van der Waals surface area contributed by atoms with E-state index in [1.807, 2.05) is 0 Å². The van der Waals surface area contributed by atoms with Crippen LogP contribution in [-0.2, 0) is 9.53 Å². The molecule has 2 aliphatic heterocycles. The van der Waals surface area contributed by atoms with Gasteiger partial charge in [0.05, 0.1) is 12.9 Å². The number of allylic oxidation sites excluding steroid dienone is 1. The molecule has 2 atom stereocenters. The number of ketones is 1. The standard InChI is InChI=1S/C14H23NO2/c1-11(12-4-2-6-15-9-12)8-14(16)13-5-3-7-17-10-13/h10-12,15H,2-9H2,1H3. The second-order valence-corrected chi connectivity index (χ2v) is 5.33. The number of carbonyl (C=O) groups excluding carboxylic acids is 1. The number of hydrogen-bond acceptors (Lipinski definition) is 3. The summed E-state index contributed by atoms with van der Waals surface area (Å²) < 4.78 is 5.24. The van der Waals surface area contributed by atoms with E-state index in [9.17, 15) is 4.79 Å². The highest BCUT2D eigenvalue weighted by Crippen LogP contribution is 2.25. The number of Topliss-reactive ketones (excluding diaryl/α,β-unsaturated/α-hetero) is 1. The molecule has 1 N–H and O–H groups in total. The first-order valence-corrected chi connectivity index (χ1v) is 6.82. The average Bonchev–Trinajstić information content (AvgIpc) is 2.40. The van der Waals surface area contributed by atoms with Gasteiger partial charge in [-0.15, -0.1) is 0 Å². The number of nitrogens with one attached hydrogen (secondary N) is 1. The van der Waals surface area contributed by atoms with Crippen LogP contribution in [0.25, 0.3) is 0 Å². The molecule has 2 rings (SSSR count). The van der Waals surface area contributed by atoms with Crippen molar-refractivity contribution < 1.29 is 9.53 Å². The molecule has 0 aliphatic carbocycles. The largest absolute Gasteiger partial charge is 0.501 e. The molecule has 0 amide bonds. The third kappa shape index (κ3) is 3.56. The van der Waals surface area contributed by atoms with Crippen molar-refractivity contribution in [2.75, 3.05) is 19.7 Å². The number of piperidine rings is 1. The van der Waals surface area contributed by atoms with Gasteiger partial charge < -0.3 is 10.1 Å². The zero-order valence-corrected chi connectivity index (χ0v) is 10.7. The van der Waals surface area contributed by atoms with Gasteiger partial charge in [0.15, 0.2) is 5.78 Å². The number of hydrogen-bond donors (Lipinski definition) is 1. The van der Waals surface area contributed by atoms with Crippen LogP contribution >= 0.6 is 0 Å². The summed E-state index contributed by atoms with van der Waals surface area (Å²) in [4.78, 5) is 12.1. The van der Waals surface area contributed by atoms with Crippen molar-refractivity contribution >= 4 is 5.78 Å². The molecule has 0 aromatic rings. The Labute approximate surface area is 104 Å². The van der Waals surface area contributed by atoms with Crippen LogP contribution in [0.5, 0.6) is 0 Å². The first kappa shape index (κ1) is 12.6. The lowest BCUT2D eigenvalue weighted by atomic mass is 9.83. The first-order chi connectivity index (χ1) is 8.27. The van der Waals surface area contributed by atoms with Crippen LogP contribution in [0.3, 0.4) is 0 Å². The molecule has 96 valence electrons. The molecule has 2 aliphatic rings. The van der Waals surface area contributed by atoms with Gasteiger partial charge in [-0.1, -0.05) is 6.92 Å². The summed E-state index contributed by atoms with van der Waals surface area (Å²) in [7, 11) is 0. The molecule has 0 radical (unpaired) electrons. The smallest absolute Gasteiger partial charge is 0.162 e. The second kappa shape index (κ2) is 6.20. The van der Waals surface area contributed by atoms with E-state index in [0.717, 1.165) is 38.1 Å². The molecule has 0 saturated carbocycles. The van der Waals surface area contributed by atoms with Crippen molar-refractivity contribution in [1.82, 2.24) is 5.32 Å². The van der Waals surface area contributed by atoms with Gasteiger partial charge in [0, 0.05) is 12.0 Å². The zero-order chi connectivity index (χ0) is 12.1. The van der Waals surface area contributed by atoms with Crippen LogP contribution in [0.2, 0.25) is 0 Å². The van der Waals surface area contributed by atoms with E-state index in [1.165, 1.54) is 12.8 Å². The Morgan fingerprint density at radius 3 is 3.12 bits per heavy atom. The Bertz CT molecular complexity index is 293. The van der Waals surface area contributed by atoms with Crippen molar-refractivity contribution in [3.63, 3.8) is 0 Å². The summed E-state index contributed by atoms with van der Waals surface area (Å²) in [6.45, 7) is 5.18. The quantitative estimate of drug-likeness (QED) is 0.815. The monoisotopic (exact) mass is 237 g/mol. The molecule has 2 heterocycles. The Morgan fingerprint density at radius 1 is 1.59 bits per heavy atom. The summed E-state index contributed by atoms with van der Waals surface area (Å²) in [5.74, 6) is 1.44. The van der Waals surface area contributed by atoms with E-state index in [-0.39, 0.29) is 0 Å². The van der Waals surface area contributed by atoms with Crippen molar-refractivity contribution in [2.45, 2.75) is 39.0 Å². The highest BCUT2D eigenvalue weighted by molar-refractivity contribution is 5.95. The van der Waals surface area contributed by atoms with Gasteiger partial charge in [-0.05, 0) is 50.6 Å². The summed E-state index contributed by atoms with van der Waals surface area (Å²) in [5.41, 5.74) is 0.895. The summed E-state index contributed by atoms with van der Waals surface area (Å²) in [5, 5.41) is 3.42. The third-order valence-corrected chi connectivity index (χ3v) is 3.94. The Kier molecular flexibility index (Phi) is 4.60. The van der Waals surface area contributed by atoms with E-state index in [2.05, 4.69) is 12.2 Å². The Balaban J connectivity index is 1.82. The van der Waals surface area contributed by atoms with E-state index in [4.69, 9.17) is 4.74 Å². The first-order valence-electron chi connectivity index (χ1n) is 6.82. The minimum Gasteiger partial charge on any atom is -0.501 e. The predicted molar refractivity (Wildman–Crippen MR) is 67.7 cm³/mol. The average molecular weight is 237 g/mol. The van der Waals surface area contributed by atoms with Crippen molar-refractivity contribution in [1.29, 1.82) is 0 Å². The molecule has 0 aromatic carbocycles. The van der Waals surface area contributed by atoms with E-state index < -0.39 is 0 Å². The minimum atomic E-state index is 0.294. The SMILES string of the molecule is CC(CC(=O)C1=COCCC1)C1CCCNC1. The molecule has 3 heteroatoms. The molecule has 17 heavy (non-hydrogen) atoms. The lowest BCUT2D eigenvalue weighted by Gasteiger charge is -2.28. The fourth-order valence-corrected chi connectivity index (χ4v) is 2.72. The molecule has 1 fully saturated rings. The Hall–Kier alpha value is -0.830. The second-order valence-electron chi connectivity index (χ2n) is 5.33. The normalized spacial score (nSPS) is 26.9. The van der Waals surface area contributed by atoms with Crippen molar-refractivity contribution in [3.8, 4) is 0 Å². The fraction of sp³-hybridized carbons (Fsp3) is 0.786. The maximum absolute atomic E-state index is 12.1. The topological polar surface area (TPSA) is 38.3 Å². The van der Waals surface area contributed by atoms with Gasteiger partial charge in [-0.25, -0.2) is 0 Å². The Morgan fingerprint density at radius 2 is 2.47 bits per heavy atom. The fourth-order valence-electron chi connectivity index (χ4n) is 2.72. The molecule has 0 aromatic heterocycles. The van der Waals surface area contributed by atoms with Crippen LogP contribution < -0.4 is 5.32 Å². The summed E-state index contributed by atoms with van der Waals surface area (Å²) >= 11 is 0. The van der Waals surface area contributed by atoms with Crippen LogP contribution in [0.4, 0.5) is 0 Å². The molecule has 0 bridgehead atoms. The molecule has 2 unspecified atom stereocenters. The maximum Gasteiger partial charge on any atom is 0.162 e. The molecular formula is C14H23NO2. The lowest BCUT2D eigenvalue weighted by molar-refractivity contribution is -0.117. The molecule has 1 saturated heterocycles. The van der Waals surface area contributed by atoms with Crippen molar-refractivity contribution in [2.24, 2.45) is 11.8 Å². The van der Waals surface area contributed by atoms with Crippen LogP contribution in [0.15, 0.2) is 11.8 Å². The van der Waals surface area contributed by atoms with E-state index in [0.29, 0.717) is 24.0 Å². The van der Waals surface area contributed by atoms with E-state index >= 15 is 0 Å². The van der Waals surface area contributed by atoms with E-state index in [1.54, 1.807) is 6.26 Å². The van der Waals surface area contributed by atoms with Crippen LogP contribution in [-0.4, -0.2) is 25.5 Å². The van der Waals surface area contributed by atoms with Crippen LogP contribution in [0, 0.1) is 11.8 Å². The highest BCUT2D eigenvalue weighted by atomic mass is 16.5. The summed E-state index contributed by atoms with van der Waals surface area (Å²) in [6, 6.07) is 0. The molecule has 3 nitrogen and oxygen atoms in total. The van der Waals surface area contributed by atoms with Crippen molar-refractivity contribution in [3.05, 3.63) is 11.8 Å². The van der Waals surface area contributed by atoms with Gasteiger partial charge in [0.2, 0.25) is 0 Å². The number of rotatable bonds is 4. The van der Waals surface area contributed by atoms with Gasteiger partial charge in [-0.3, -0.25) is 4.79 Å². The highest BCUT2D eigenvalue weighted by Gasteiger charge is 2.23. The van der Waals surface area contributed by atoms with Gasteiger partial charge in [-0.2, -0.15) is 0 Å². The minimum absolute atomic E-state index is 0.294. The third-order valence-electron chi connectivity index (χ3n) is 3.94. The summed E-state index contributed by atoms with van der Waals surface area (Å²) in [6.07, 6.45) is 6.75. The van der Waals surface area contributed by atoms with Crippen LogP contribution in [0.1, 0.15) is 39.0 Å². The maximum atomic E-state index is 12.1. The molecule has 0 spiro atoms. The zero-order valence-electron chi connectivity index (χ0n) is 10.7. The molecular weight excluding hydrogens is 214 g/mol. The lowest BCUT2D eigenvalue weighted by Crippen LogP contribution is -2.34. The van der Waals surface area contributed by atoms with Gasteiger partial charge in [0.25, 0.3) is 0 Å². The number of carbonyl (C=O) groups is 1. The van der Waals surface area contributed by atoms with Gasteiger partial charge in [0.1, 0.15) is 0 Å². The van der Waals surface area contributed by atoms with Gasteiger partial charge >= 0.3 is 0 Å². The number of ether oxygens (including phenoxy) is 1.